The van der Waals surface area contributed by atoms with Crippen molar-refractivity contribution in [3.63, 3.8) is 0 Å². The maximum atomic E-state index is 12.5. The zero-order valence-electron chi connectivity index (χ0n) is 12.3. The first-order chi connectivity index (χ1) is 9.86. The van der Waals surface area contributed by atoms with Crippen molar-refractivity contribution in [3.05, 3.63) is 5.01 Å². The predicted octanol–water partition coefficient (Wildman–Crippen LogP) is 3.02. The average molecular weight is 322 g/mol. The number of nitrogens with one attached hydrogen (secondary N) is 1. The molecule has 1 aliphatic rings. The van der Waals surface area contributed by atoms with Crippen LogP contribution < -0.4 is 10.2 Å². The SMILES string of the molecule is CC(C)CNCC1CCN(c2nnc(C(F)(F)F)s2)CC1. The maximum Gasteiger partial charge on any atom is 0.445 e. The summed E-state index contributed by atoms with van der Waals surface area (Å²) in [5.41, 5.74) is 0. The van der Waals surface area contributed by atoms with Crippen molar-refractivity contribution in [1.82, 2.24) is 15.5 Å². The molecular weight excluding hydrogens is 301 g/mol. The zero-order chi connectivity index (χ0) is 15.5. The Balaban J connectivity index is 1.80. The lowest BCUT2D eigenvalue weighted by Gasteiger charge is -2.31. The van der Waals surface area contributed by atoms with Crippen LogP contribution in [0.4, 0.5) is 18.3 Å². The minimum atomic E-state index is -4.39. The van der Waals surface area contributed by atoms with Gasteiger partial charge < -0.3 is 10.2 Å². The van der Waals surface area contributed by atoms with Crippen LogP contribution in [0.2, 0.25) is 0 Å². The monoisotopic (exact) mass is 322 g/mol. The molecule has 0 aromatic carbocycles. The van der Waals surface area contributed by atoms with E-state index in [2.05, 4.69) is 29.4 Å². The largest absolute Gasteiger partial charge is 0.445 e. The van der Waals surface area contributed by atoms with E-state index in [4.69, 9.17) is 0 Å². The van der Waals surface area contributed by atoms with Crippen molar-refractivity contribution < 1.29 is 13.2 Å². The summed E-state index contributed by atoms with van der Waals surface area (Å²) in [5, 5.41) is 9.88. The molecule has 2 heterocycles. The first-order valence-electron chi connectivity index (χ1n) is 7.22. The van der Waals surface area contributed by atoms with Crippen molar-refractivity contribution in [3.8, 4) is 0 Å². The molecule has 1 N–H and O–H groups in total. The van der Waals surface area contributed by atoms with Gasteiger partial charge in [0, 0.05) is 13.1 Å². The molecule has 0 aliphatic carbocycles. The lowest BCUT2D eigenvalue weighted by Crippen LogP contribution is -2.37. The van der Waals surface area contributed by atoms with Gasteiger partial charge in [-0.05, 0) is 37.8 Å². The van der Waals surface area contributed by atoms with Crippen LogP contribution in [0.25, 0.3) is 0 Å². The molecule has 0 unspecified atom stereocenters. The molecule has 0 radical (unpaired) electrons. The number of anilines is 1. The summed E-state index contributed by atoms with van der Waals surface area (Å²) in [6, 6.07) is 0. The first kappa shape index (κ1) is 16.5. The van der Waals surface area contributed by atoms with Crippen molar-refractivity contribution in [1.29, 1.82) is 0 Å². The molecule has 120 valence electrons. The minimum Gasteiger partial charge on any atom is -0.347 e. The van der Waals surface area contributed by atoms with E-state index >= 15 is 0 Å². The zero-order valence-corrected chi connectivity index (χ0v) is 13.1. The van der Waals surface area contributed by atoms with Crippen LogP contribution in [0.3, 0.4) is 0 Å². The highest BCUT2D eigenvalue weighted by molar-refractivity contribution is 7.15. The molecule has 0 spiro atoms. The van der Waals surface area contributed by atoms with Gasteiger partial charge in [-0.3, -0.25) is 0 Å². The fourth-order valence-corrected chi connectivity index (χ4v) is 3.13. The lowest BCUT2D eigenvalue weighted by atomic mass is 9.97. The number of halogens is 3. The number of hydrogen-bond donors (Lipinski definition) is 1. The molecule has 4 nitrogen and oxygen atoms in total. The summed E-state index contributed by atoms with van der Waals surface area (Å²) in [6.07, 6.45) is -2.44. The second-order valence-electron chi connectivity index (χ2n) is 5.87. The van der Waals surface area contributed by atoms with Gasteiger partial charge in [-0.25, -0.2) is 0 Å². The highest BCUT2D eigenvalue weighted by atomic mass is 32.1. The Bertz CT molecular complexity index is 439. The fraction of sp³-hybridized carbons (Fsp3) is 0.846. The maximum absolute atomic E-state index is 12.5. The van der Waals surface area contributed by atoms with Crippen molar-refractivity contribution in [2.24, 2.45) is 11.8 Å². The van der Waals surface area contributed by atoms with E-state index < -0.39 is 11.2 Å². The number of piperidine rings is 1. The number of rotatable bonds is 5. The van der Waals surface area contributed by atoms with Crippen LogP contribution in [-0.2, 0) is 6.18 Å². The fourth-order valence-electron chi connectivity index (χ4n) is 2.36. The molecule has 0 bridgehead atoms. The molecule has 1 aliphatic heterocycles. The summed E-state index contributed by atoms with van der Waals surface area (Å²) in [5.74, 6) is 1.22. The van der Waals surface area contributed by atoms with Crippen molar-refractivity contribution in [2.45, 2.75) is 32.9 Å². The third-order valence-corrected chi connectivity index (χ3v) is 4.56. The quantitative estimate of drug-likeness (QED) is 0.905. The van der Waals surface area contributed by atoms with Crippen molar-refractivity contribution >= 4 is 16.5 Å². The number of aromatic nitrogens is 2. The normalized spacial score (nSPS) is 17.7. The van der Waals surface area contributed by atoms with Crippen LogP contribution in [0.5, 0.6) is 0 Å². The van der Waals surface area contributed by atoms with Gasteiger partial charge in [0.2, 0.25) is 10.1 Å². The third-order valence-electron chi connectivity index (χ3n) is 3.53. The molecule has 1 aromatic heterocycles. The predicted molar refractivity (Wildman–Crippen MR) is 77.6 cm³/mol. The highest BCUT2D eigenvalue weighted by Gasteiger charge is 2.36. The number of alkyl halides is 3. The molecule has 1 aromatic rings. The Kier molecular flexibility index (Phi) is 5.43. The third kappa shape index (κ3) is 4.81. The Morgan fingerprint density at radius 3 is 2.48 bits per heavy atom. The Labute approximate surface area is 126 Å². The van der Waals surface area contributed by atoms with E-state index in [9.17, 15) is 13.2 Å². The Morgan fingerprint density at radius 2 is 1.95 bits per heavy atom. The van der Waals surface area contributed by atoms with Gasteiger partial charge >= 0.3 is 6.18 Å². The van der Waals surface area contributed by atoms with Gasteiger partial charge in [0.25, 0.3) is 0 Å². The van der Waals surface area contributed by atoms with E-state index in [0.717, 1.165) is 39.0 Å². The summed E-state index contributed by atoms with van der Waals surface area (Å²) in [6.45, 7) is 7.83. The molecule has 0 atom stereocenters. The van der Waals surface area contributed by atoms with Gasteiger partial charge in [0.05, 0.1) is 0 Å². The van der Waals surface area contributed by atoms with Crippen LogP contribution >= 0.6 is 11.3 Å². The lowest BCUT2D eigenvalue weighted by molar-refractivity contribution is -0.138. The van der Waals surface area contributed by atoms with Crippen molar-refractivity contribution in [2.75, 3.05) is 31.1 Å². The standard InChI is InChI=1S/C13H21F3N4S/c1-9(2)7-17-8-10-3-5-20(6-4-10)12-19-18-11(21-12)13(14,15)16/h9-10,17H,3-8H2,1-2H3. The van der Waals surface area contributed by atoms with Crippen LogP contribution in [0.1, 0.15) is 31.7 Å². The van der Waals surface area contributed by atoms with E-state index in [0.29, 0.717) is 28.3 Å². The van der Waals surface area contributed by atoms with E-state index in [1.54, 1.807) is 0 Å². The summed E-state index contributed by atoms with van der Waals surface area (Å²) >= 11 is 0.632. The van der Waals surface area contributed by atoms with Gasteiger partial charge in [0.15, 0.2) is 0 Å². The second-order valence-corrected chi connectivity index (χ2v) is 6.83. The second kappa shape index (κ2) is 6.91. The molecule has 2 rings (SSSR count). The van der Waals surface area contributed by atoms with Crippen LogP contribution in [0.15, 0.2) is 0 Å². The number of nitrogens with zero attached hydrogens (tertiary/aromatic N) is 3. The van der Waals surface area contributed by atoms with Gasteiger partial charge in [-0.2, -0.15) is 13.2 Å². The summed E-state index contributed by atoms with van der Waals surface area (Å²) in [7, 11) is 0. The van der Waals surface area contributed by atoms with E-state index in [1.165, 1.54) is 0 Å². The molecular formula is C13H21F3N4S. The molecule has 8 heteroatoms. The molecule has 0 amide bonds. The van der Waals surface area contributed by atoms with Gasteiger partial charge in [0.1, 0.15) is 0 Å². The Morgan fingerprint density at radius 1 is 1.29 bits per heavy atom. The summed E-state index contributed by atoms with van der Waals surface area (Å²) < 4.78 is 37.5. The highest BCUT2D eigenvalue weighted by Crippen LogP contribution is 2.35. The molecule has 1 saturated heterocycles. The average Bonchev–Trinajstić information content (AvgIpc) is 2.88. The van der Waals surface area contributed by atoms with E-state index in [1.807, 2.05) is 4.90 Å². The summed E-state index contributed by atoms with van der Waals surface area (Å²) in [4.78, 5) is 1.91. The van der Waals surface area contributed by atoms with E-state index in [-0.39, 0.29) is 0 Å². The molecule has 0 saturated carbocycles. The van der Waals surface area contributed by atoms with Gasteiger partial charge in [-0.15, -0.1) is 10.2 Å². The molecule has 1 fully saturated rings. The topological polar surface area (TPSA) is 41.0 Å². The first-order valence-corrected chi connectivity index (χ1v) is 8.04. The van der Waals surface area contributed by atoms with Crippen LogP contribution in [0, 0.1) is 11.8 Å². The molecule has 21 heavy (non-hydrogen) atoms. The number of hydrogen-bond acceptors (Lipinski definition) is 5. The van der Waals surface area contributed by atoms with Gasteiger partial charge in [-0.1, -0.05) is 25.2 Å². The minimum absolute atomic E-state index is 0.385. The smallest absolute Gasteiger partial charge is 0.347 e. The Hall–Kier alpha value is -0.890. The van der Waals surface area contributed by atoms with Crippen LogP contribution in [-0.4, -0.2) is 36.4 Å².